The minimum atomic E-state index is -0.162. The van der Waals surface area contributed by atoms with Crippen molar-refractivity contribution in [2.45, 2.75) is 19.9 Å². The Kier molecular flexibility index (Phi) is 4.94. The molecule has 4 aromatic rings. The summed E-state index contributed by atoms with van der Waals surface area (Å²) < 4.78 is 5.77. The molecule has 0 bridgehead atoms. The first-order valence-electron chi connectivity index (χ1n) is 9.37. The fraction of sp³-hybridized carbons (Fsp3) is 0.167. The molecule has 1 aromatic heterocycles. The molecule has 3 aromatic carbocycles. The molecule has 0 radical (unpaired) electrons. The molecule has 1 N–H and O–H groups in total. The van der Waals surface area contributed by atoms with Crippen molar-refractivity contribution in [1.82, 2.24) is 10.3 Å². The summed E-state index contributed by atoms with van der Waals surface area (Å²) in [5.74, 6) is 0.458. The largest absolute Gasteiger partial charge is 0.481 e. The third kappa shape index (κ3) is 3.81. The summed E-state index contributed by atoms with van der Waals surface area (Å²) in [7, 11) is 0. The highest BCUT2D eigenvalue weighted by molar-refractivity contribution is 5.86. The molecular weight excluding hydrogens is 348 g/mol. The molecule has 0 fully saturated rings. The van der Waals surface area contributed by atoms with Gasteiger partial charge in [0.2, 0.25) is 0 Å². The Labute approximate surface area is 164 Å². The van der Waals surface area contributed by atoms with Crippen molar-refractivity contribution < 1.29 is 9.53 Å². The number of hydrogen-bond donors (Lipinski definition) is 1. The summed E-state index contributed by atoms with van der Waals surface area (Å²) in [6.45, 7) is 3.87. The number of pyridine rings is 1. The zero-order valence-corrected chi connectivity index (χ0v) is 16.0. The molecular formula is C24H22N2O2. The van der Waals surface area contributed by atoms with Crippen LogP contribution in [0, 0.1) is 6.92 Å². The Morgan fingerprint density at radius 1 is 0.964 bits per heavy atom. The summed E-state index contributed by atoms with van der Waals surface area (Å²) in [6, 6.07) is 24.0. The van der Waals surface area contributed by atoms with E-state index in [4.69, 9.17) is 4.74 Å². The molecule has 140 valence electrons. The van der Waals surface area contributed by atoms with E-state index in [1.54, 1.807) is 0 Å². The number of fused-ring (bicyclic) bond motifs is 2. The standard InChI is InChI=1S/C24H22N2O2/c1-16-10-11-19-8-5-9-22(24(19)25-16)28-15-23(27)26-17(2)20-13-12-18-6-3-4-7-21(18)14-20/h3-14,17H,15H2,1-2H3,(H,26,27). The number of carbonyl (C=O) groups is 1. The van der Waals surface area contributed by atoms with Crippen LogP contribution in [-0.4, -0.2) is 17.5 Å². The Hall–Kier alpha value is -3.40. The summed E-state index contributed by atoms with van der Waals surface area (Å²) in [5, 5.41) is 6.35. The lowest BCUT2D eigenvalue weighted by atomic mass is 10.0. The first-order chi connectivity index (χ1) is 13.6. The predicted molar refractivity (Wildman–Crippen MR) is 112 cm³/mol. The maximum Gasteiger partial charge on any atom is 0.258 e. The third-order valence-electron chi connectivity index (χ3n) is 4.83. The Balaban J connectivity index is 1.43. The first kappa shape index (κ1) is 18.0. The smallest absolute Gasteiger partial charge is 0.258 e. The fourth-order valence-corrected chi connectivity index (χ4v) is 3.32. The second-order valence-corrected chi connectivity index (χ2v) is 6.96. The molecule has 4 heteroatoms. The third-order valence-corrected chi connectivity index (χ3v) is 4.83. The van der Waals surface area contributed by atoms with E-state index >= 15 is 0 Å². The lowest BCUT2D eigenvalue weighted by molar-refractivity contribution is -0.123. The van der Waals surface area contributed by atoms with Crippen LogP contribution in [0.1, 0.15) is 24.2 Å². The minimum Gasteiger partial charge on any atom is -0.481 e. The van der Waals surface area contributed by atoms with E-state index in [0.717, 1.165) is 27.5 Å². The van der Waals surface area contributed by atoms with Gasteiger partial charge in [-0.1, -0.05) is 54.6 Å². The number of benzene rings is 3. The number of para-hydroxylation sites is 1. The van der Waals surface area contributed by atoms with E-state index in [1.807, 2.05) is 62.4 Å². The molecule has 0 saturated heterocycles. The van der Waals surface area contributed by atoms with E-state index in [0.29, 0.717) is 5.75 Å². The number of aromatic nitrogens is 1. The van der Waals surface area contributed by atoms with Gasteiger partial charge in [-0.15, -0.1) is 0 Å². The maximum atomic E-state index is 12.4. The number of carbonyl (C=O) groups excluding carboxylic acids is 1. The monoisotopic (exact) mass is 370 g/mol. The van der Waals surface area contributed by atoms with Crippen LogP contribution in [0.25, 0.3) is 21.7 Å². The van der Waals surface area contributed by atoms with Crippen molar-refractivity contribution in [3.8, 4) is 5.75 Å². The fourth-order valence-electron chi connectivity index (χ4n) is 3.32. The number of amides is 1. The summed E-state index contributed by atoms with van der Waals surface area (Å²) >= 11 is 0. The highest BCUT2D eigenvalue weighted by Crippen LogP contribution is 2.24. The normalized spacial score (nSPS) is 12.1. The van der Waals surface area contributed by atoms with Gasteiger partial charge in [-0.25, -0.2) is 4.98 Å². The van der Waals surface area contributed by atoms with Crippen LogP contribution in [0.4, 0.5) is 0 Å². The second-order valence-electron chi connectivity index (χ2n) is 6.96. The quantitative estimate of drug-likeness (QED) is 0.541. The van der Waals surface area contributed by atoms with E-state index in [2.05, 4.69) is 34.6 Å². The van der Waals surface area contributed by atoms with Crippen molar-refractivity contribution >= 4 is 27.6 Å². The molecule has 4 rings (SSSR count). The van der Waals surface area contributed by atoms with Crippen LogP contribution in [-0.2, 0) is 4.79 Å². The van der Waals surface area contributed by atoms with Crippen LogP contribution in [0.3, 0.4) is 0 Å². The van der Waals surface area contributed by atoms with E-state index in [1.165, 1.54) is 5.39 Å². The van der Waals surface area contributed by atoms with Gasteiger partial charge in [-0.3, -0.25) is 4.79 Å². The Morgan fingerprint density at radius 3 is 2.57 bits per heavy atom. The van der Waals surface area contributed by atoms with Gasteiger partial charge in [0, 0.05) is 11.1 Å². The Bertz CT molecular complexity index is 1150. The van der Waals surface area contributed by atoms with Gasteiger partial charge in [0.15, 0.2) is 6.61 Å². The minimum absolute atomic E-state index is 0.0490. The topological polar surface area (TPSA) is 51.2 Å². The predicted octanol–water partition coefficient (Wildman–Crippen LogP) is 4.95. The molecule has 0 aliphatic rings. The van der Waals surface area contributed by atoms with Gasteiger partial charge in [0.25, 0.3) is 5.91 Å². The summed E-state index contributed by atoms with van der Waals surface area (Å²) in [6.07, 6.45) is 0. The van der Waals surface area contributed by atoms with E-state index in [9.17, 15) is 4.79 Å². The molecule has 1 heterocycles. The van der Waals surface area contributed by atoms with Crippen molar-refractivity contribution in [2.24, 2.45) is 0 Å². The molecule has 4 nitrogen and oxygen atoms in total. The van der Waals surface area contributed by atoms with Crippen LogP contribution in [0.15, 0.2) is 72.8 Å². The van der Waals surface area contributed by atoms with Crippen molar-refractivity contribution in [3.63, 3.8) is 0 Å². The Morgan fingerprint density at radius 2 is 1.71 bits per heavy atom. The van der Waals surface area contributed by atoms with Crippen LogP contribution in [0.2, 0.25) is 0 Å². The molecule has 1 atom stereocenters. The highest BCUT2D eigenvalue weighted by Gasteiger charge is 2.12. The SMILES string of the molecule is Cc1ccc2cccc(OCC(=O)NC(C)c3ccc4ccccc4c3)c2n1. The van der Waals surface area contributed by atoms with E-state index < -0.39 is 0 Å². The molecule has 28 heavy (non-hydrogen) atoms. The van der Waals surface area contributed by atoms with Crippen molar-refractivity contribution in [1.29, 1.82) is 0 Å². The van der Waals surface area contributed by atoms with Crippen molar-refractivity contribution in [2.75, 3.05) is 6.61 Å². The number of ether oxygens (including phenoxy) is 1. The number of aryl methyl sites for hydroxylation is 1. The summed E-state index contributed by atoms with van der Waals surface area (Å²) in [5.41, 5.74) is 2.75. The van der Waals surface area contributed by atoms with Crippen LogP contribution in [0.5, 0.6) is 5.75 Å². The van der Waals surface area contributed by atoms with Gasteiger partial charge in [-0.05, 0) is 48.4 Å². The summed E-state index contributed by atoms with van der Waals surface area (Å²) in [4.78, 5) is 16.9. The average Bonchev–Trinajstić information content (AvgIpc) is 2.71. The molecule has 1 unspecified atom stereocenters. The molecule has 0 aliphatic carbocycles. The first-order valence-corrected chi connectivity index (χ1v) is 9.37. The van der Waals surface area contributed by atoms with Gasteiger partial charge >= 0.3 is 0 Å². The van der Waals surface area contributed by atoms with Gasteiger partial charge in [-0.2, -0.15) is 0 Å². The highest BCUT2D eigenvalue weighted by atomic mass is 16.5. The van der Waals surface area contributed by atoms with Crippen molar-refractivity contribution in [3.05, 3.63) is 84.1 Å². The lowest BCUT2D eigenvalue weighted by Crippen LogP contribution is -2.31. The molecule has 0 aliphatic heterocycles. The van der Waals surface area contributed by atoms with Gasteiger partial charge < -0.3 is 10.1 Å². The van der Waals surface area contributed by atoms with Gasteiger partial charge in [0.1, 0.15) is 11.3 Å². The lowest BCUT2D eigenvalue weighted by Gasteiger charge is -2.16. The van der Waals surface area contributed by atoms with Gasteiger partial charge in [0.05, 0.1) is 6.04 Å². The second kappa shape index (κ2) is 7.69. The number of nitrogens with one attached hydrogen (secondary N) is 1. The van der Waals surface area contributed by atoms with Crippen LogP contribution < -0.4 is 10.1 Å². The number of rotatable bonds is 5. The zero-order chi connectivity index (χ0) is 19.5. The molecule has 0 spiro atoms. The molecule has 1 amide bonds. The molecule has 0 saturated carbocycles. The van der Waals surface area contributed by atoms with E-state index in [-0.39, 0.29) is 18.6 Å². The van der Waals surface area contributed by atoms with Crippen LogP contribution >= 0.6 is 0 Å². The average molecular weight is 370 g/mol. The number of nitrogens with zero attached hydrogens (tertiary/aromatic N) is 1. The maximum absolute atomic E-state index is 12.4. The zero-order valence-electron chi connectivity index (χ0n) is 16.0. The number of hydrogen-bond acceptors (Lipinski definition) is 3.